The molecule has 0 unspecified atom stereocenters. The smallest absolute Gasteiger partial charge is 0.251 e. The molecule has 1 aromatic heterocycles. The fourth-order valence-corrected chi connectivity index (χ4v) is 10.5. The Morgan fingerprint density at radius 3 is 1.70 bits per heavy atom. The Morgan fingerprint density at radius 1 is 0.537 bits per heavy atom. The highest BCUT2D eigenvalue weighted by Crippen LogP contribution is 2.35. The molecule has 2 amide bonds. The van der Waals surface area contributed by atoms with Gasteiger partial charge in [0.2, 0.25) is 16.7 Å². The van der Waals surface area contributed by atoms with E-state index in [0.29, 0.717) is 24.2 Å². The number of benzene rings is 7. The molecule has 0 saturated carbocycles. The lowest BCUT2D eigenvalue weighted by molar-refractivity contribution is -0.538. The van der Waals surface area contributed by atoms with Gasteiger partial charge < -0.3 is 37.2 Å². The van der Waals surface area contributed by atoms with E-state index in [0.717, 1.165) is 166 Å². The topological polar surface area (TPSA) is 147 Å². The number of carbonyl (C=O) groups excluding carboxylic acids is 2. The van der Waals surface area contributed by atoms with Crippen LogP contribution in [0.4, 0.5) is 34.1 Å². The Morgan fingerprint density at radius 2 is 1.10 bits per heavy atom. The van der Waals surface area contributed by atoms with Gasteiger partial charge in [0.15, 0.2) is 0 Å². The second-order valence-electron chi connectivity index (χ2n) is 20.9. The zero-order valence-electron chi connectivity index (χ0n) is 47.4. The predicted octanol–water partition coefficient (Wildman–Crippen LogP) is 14.4. The van der Waals surface area contributed by atoms with Crippen LogP contribution in [0.1, 0.15) is 102 Å². The molecule has 0 aliphatic heterocycles. The van der Waals surface area contributed by atoms with E-state index in [4.69, 9.17) is 9.98 Å². The van der Waals surface area contributed by atoms with Crippen molar-refractivity contribution < 1.29 is 14.2 Å². The minimum Gasteiger partial charge on any atom is -0.388 e. The first-order valence-electron chi connectivity index (χ1n) is 28.4. The molecule has 12 heteroatoms. The summed E-state index contributed by atoms with van der Waals surface area (Å²) in [7, 11) is 3.90. The van der Waals surface area contributed by atoms with Crippen LogP contribution in [0.2, 0.25) is 0 Å². The first-order valence-corrected chi connectivity index (χ1v) is 28.4. The molecule has 80 heavy (non-hydrogen) atoms. The standard InChI is InChI=1S/C68H76N10O2/c1-46-41-55(76-62-42-47(2)60(69-5)44-63(62)75-54-21-13-11-14-22-54)33-34-57(46)71-37-17-7-9-19-39-73-67(79)52-29-25-50(26-30-52)51-27-31-53(32-28-51)68(80)74-40-20-10-8-18-38-72-58-35-36-59-66(49(58)4)78(56-23-15-12-16-24-56)65-45-61(70-6)48(3)43-64(65)77-59/h11-16,21-36,42-45,69,71,75H,7-10,17-20,37-41H2,1-6H3,(H3,70,72,73,74,79,80)/p+1. The van der Waals surface area contributed by atoms with Gasteiger partial charge in [-0.15, -0.1) is 4.57 Å². The normalized spacial score (nSPS) is 12.7. The molecule has 410 valence electrons. The van der Waals surface area contributed by atoms with Crippen molar-refractivity contribution >= 4 is 73.7 Å². The molecule has 7 aromatic carbocycles. The number of aliphatic imine (C=N–C) groups is 1. The number of aromatic nitrogens is 2. The summed E-state index contributed by atoms with van der Waals surface area (Å²) in [6.45, 7) is 11.6. The SMILES string of the molecule is CNc1cc(Nc2ccccc2)c(N=C2C=CC(NCCCCCCNC(=O)c3ccc(-c4ccc(C(=O)NCCCCCCNc5ccc6nc7cc(C)c(NC)cc7[n+](-c7ccccc7)c6c5C)cc4)cc3)=C(C)C2)cc1C. The predicted molar refractivity (Wildman–Crippen MR) is 334 cm³/mol. The van der Waals surface area contributed by atoms with Crippen molar-refractivity contribution in [3.8, 4) is 16.8 Å². The van der Waals surface area contributed by atoms with Gasteiger partial charge in [0.25, 0.3) is 11.8 Å². The van der Waals surface area contributed by atoms with E-state index in [1.807, 2.05) is 80.8 Å². The number of unbranched alkanes of at least 4 members (excludes halogenated alkanes) is 6. The number of nitrogens with zero attached hydrogens (tertiary/aromatic N) is 3. The summed E-state index contributed by atoms with van der Waals surface area (Å²) >= 11 is 0. The summed E-state index contributed by atoms with van der Waals surface area (Å²) in [6, 6.07) is 48.9. The molecule has 1 aliphatic carbocycles. The number of allylic oxidation sites excluding steroid dienone is 3. The van der Waals surface area contributed by atoms with E-state index in [2.05, 4.69) is 160 Å². The van der Waals surface area contributed by atoms with E-state index in [1.54, 1.807) is 0 Å². The van der Waals surface area contributed by atoms with Gasteiger partial charge in [-0.25, -0.2) is 4.98 Å². The summed E-state index contributed by atoms with van der Waals surface area (Å²) in [5, 5.41) is 23.7. The molecule has 0 radical (unpaired) electrons. The number of rotatable bonds is 25. The third-order valence-electron chi connectivity index (χ3n) is 15.0. The van der Waals surface area contributed by atoms with E-state index in [1.165, 1.54) is 11.3 Å². The number of nitrogens with one attached hydrogen (secondary N) is 7. The number of para-hydroxylation sites is 2. The van der Waals surface area contributed by atoms with Crippen LogP contribution in [-0.4, -0.2) is 62.8 Å². The molecule has 0 spiro atoms. The Balaban J connectivity index is 0.643. The molecule has 0 saturated heterocycles. The van der Waals surface area contributed by atoms with Gasteiger partial charge in [-0.2, -0.15) is 0 Å². The second kappa shape index (κ2) is 27.2. The van der Waals surface area contributed by atoms with Crippen molar-refractivity contribution in [1.82, 2.24) is 20.9 Å². The van der Waals surface area contributed by atoms with Gasteiger partial charge in [0.05, 0.1) is 11.4 Å². The molecule has 12 nitrogen and oxygen atoms in total. The minimum atomic E-state index is -0.0687. The van der Waals surface area contributed by atoms with Gasteiger partial charge in [-0.05, 0) is 160 Å². The van der Waals surface area contributed by atoms with E-state index >= 15 is 0 Å². The van der Waals surface area contributed by atoms with Crippen LogP contribution in [-0.2, 0) is 0 Å². The van der Waals surface area contributed by atoms with E-state index < -0.39 is 0 Å². The second-order valence-corrected chi connectivity index (χ2v) is 20.9. The lowest BCUT2D eigenvalue weighted by Gasteiger charge is -2.18. The quantitative estimate of drug-likeness (QED) is 0.0170. The highest BCUT2D eigenvalue weighted by Gasteiger charge is 2.24. The van der Waals surface area contributed by atoms with E-state index in [-0.39, 0.29) is 11.8 Å². The van der Waals surface area contributed by atoms with Crippen LogP contribution in [0.5, 0.6) is 0 Å². The van der Waals surface area contributed by atoms with Crippen molar-refractivity contribution in [3.05, 3.63) is 197 Å². The summed E-state index contributed by atoms with van der Waals surface area (Å²) < 4.78 is 2.33. The highest BCUT2D eigenvalue weighted by molar-refractivity contribution is 6.01. The Bertz CT molecular complexity index is 3540. The minimum absolute atomic E-state index is 0.0657. The number of hydrogen-bond acceptors (Lipinski definition) is 9. The molecule has 7 N–H and O–H groups in total. The van der Waals surface area contributed by atoms with Crippen LogP contribution >= 0.6 is 0 Å². The van der Waals surface area contributed by atoms with Gasteiger partial charge in [-0.1, -0.05) is 86.3 Å². The van der Waals surface area contributed by atoms with Crippen molar-refractivity contribution in [3.63, 3.8) is 0 Å². The maximum absolute atomic E-state index is 13.0. The molecule has 1 heterocycles. The van der Waals surface area contributed by atoms with Crippen LogP contribution in [0.15, 0.2) is 174 Å². The van der Waals surface area contributed by atoms with Gasteiger partial charge >= 0.3 is 0 Å². The Hall–Kier alpha value is -8.77. The third kappa shape index (κ3) is 14.1. The first kappa shape index (κ1) is 56.0. The first-order chi connectivity index (χ1) is 39.1. The lowest BCUT2D eigenvalue weighted by Crippen LogP contribution is -2.34. The van der Waals surface area contributed by atoms with Crippen molar-refractivity contribution in [2.24, 2.45) is 4.99 Å². The number of aryl methyl sites for hydroxylation is 3. The number of carbonyl (C=O) groups is 2. The maximum atomic E-state index is 13.0. The maximum Gasteiger partial charge on any atom is 0.251 e. The third-order valence-corrected chi connectivity index (χ3v) is 15.0. The highest BCUT2D eigenvalue weighted by atomic mass is 16.2. The molecule has 0 bridgehead atoms. The lowest BCUT2D eigenvalue weighted by atomic mass is 10.0. The molecule has 9 rings (SSSR count). The molecular weight excluding hydrogens is 989 g/mol. The van der Waals surface area contributed by atoms with Crippen molar-refractivity contribution in [2.45, 2.75) is 85.5 Å². The summed E-state index contributed by atoms with van der Waals surface area (Å²) in [5.74, 6) is -0.134. The van der Waals surface area contributed by atoms with Crippen molar-refractivity contribution in [1.29, 1.82) is 0 Å². The van der Waals surface area contributed by atoms with Gasteiger partial charge in [-0.3, -0.25) is 14.6 Å². The van der Waals surface area contributed by atoms with E-state index in [9.17, 15) is 9.59 Å². The summed E-state index contributed by atoms with van der Waals surface area (Å²) in [5.41, 5.74) is 21.6. The Kier molecular flexibility index (Phi) is 19.0. The van der Waals surface area contributed by atoms with Crippen LogP contribution in [0.25, 0.3) is 38.9 Å². The summed E-state index contributed by atoms with van der Waals surface area (Å²) in [6.07, 6.45) is 13.2. The fourth-order valence-electron chi connectivity index (χ4n) is 10.5. The molecule has 0 atom stereocenters. The number of amides is 2. The molecular formula is C68H77N10O2+. The zero-order chi connectivity index (χ0) is 55.8. The average molecular weight is 1070 g/mol. The molecule has 1 aliphatic rings. The van der Waals surface area contributed by atoms with Gasteiger partial charge in [0, 0.05) is 116 Å². The fraction of sp³-hybridized carbons (Fsp3) is 0.279. The number of fused-ring (bicyclic) bond motifs is 2. The summed E-state index contributed by atoms with van der Waals surface area (Å²) in [4.78, 5) is 36.2. The number of hydrogen-bond donors (Lipinski definition) is 7. The molecule has 0 fully saturated rings. The zero-order valence-corrected chi connectivity index (χ0v) is 47.4. The average Bonchev–Trinajstić information content (AvgIpc) is 3.49. The Labute approximate surface area is 472 Å². The van der Waals surface area contributed by atoms with Crippen LogP contribution in [0.3, 0.4) is 0 Å². The van der Waals surface area contributed by atoms with Crippen molar-refractivity contribution in [2.75, 3.05) is 61.5 Å². The largest absolute Gasteiger partial charge is 0.388 e. The number of anilines is 5. The van der Waals surface area contributed by atoms with Crippen LogP contribution < -0.4 is 41.8 Å². The van der Waals surface area contributed by atoms with Crippen LogP contribution in [0, 0.1) is 20.8 Å². The molecule has 8 aromatic rings. The van der Waals surface area contributed by atoms with Gasteiger partial charge in [0.1, 0.15) is 11.0 Å². The monoisotopic (exact) mass is 1070 g/mol.